The second-order valence-electron chi connectivity index (χ2n) is 7.03. The minimum atomic E-state index is -0.436. The average molecular weight is 492 g/mol. The van der Waals surface area contributed by atoms with Crippen LogP contribution < -0.4 is 9.47 Å². The van der Waals surface area contributed by atoms with E-state index in [2.05, 4.69) is 44.0 Å². The quantitative estimate of drug-likeness (QED) is 0.518. The van der Waals surface area contributed by atoms with Crippen molar-refractivity contribution in [2.45, 2.75) is 16.1 Å². The second kappa shape index (κ2) is 6.78. The van der Waals surface area contributed by atoms with Gasteiger partial charge in [-0.05, 0) is 36.1 Å². The molecule has 0 amide bonds. The number of aryl methyl sites for hydroxylation is 1. The first-order valence-electron chi connectivity index (χ1n) is 8.86. The summed E-state index contributed by atoms with van der Waals surface area (Å²) >= 11 is 7.58. The maximum absolute atomic E-state index is 13.3. The Bertz CT molecular complexity index is 935. The van der Waals surface area contributed by atoms with Crippen molar-refractivity contribution in [2.75, 3.05) is 14.2 Å². The third kappa shape index (κ3) is 2.78. The molecule has 2 atom stereocenters. The van der Waals surface area contributed by atoms with Gasteiger partial charge in [0, 0.05) is 11.5 Å². The second-order valence-corrected chi connectivity index (χ2v) is 10.6. The number of rotatable bonds is 4. The predicted molar refractivity (Wildman–Crippen MR) is 114 cm³/mol. The van der Waals surface area contributed by atoms with Gasteiger partial charge < -0.3 is 9.47 Å². The molecule has 2 aliphatic rings. The first-order valence-corrected chi connectivity index (χ1v) is 10.4. The maximum atomic E-state index is 13.3. The smallest absolute Gasteiger partial charge is 0.172 e. The minimum Gasteiger partial charge on any atom is -0.493 e. The summed E-state index contributed by atoms with van der Waals surface area (Å²) in [5.74, 6) is 1.70. The number of fused-ring (bicyclic) bond motifs is 1. The third-order valence-corrected chi connectivity index (χ3v) is 8.18. The van der Waals surface area contributed by atoms with Gasteiger partial charge in [0.2, 0.25) is 0 Å². The summed E-state index contributed by atoms with van der Waals surface area (Å²) in [4.78, 5) is 13.3. The highest BCUT2D eigenvalue weighted by Crippen LogP contribution is 2.75. The third-order valence-electron chi connectivity index (χ3n) is 5.78. The summed E-state index contributed by atoms with van der Waals surface area (Å²) < 4.78 is 10.3. The molecule has 0 aromatic heterocycles. The van der Waals surface area contributed by atoms with E-state index < -0.39 is 8.65 Å². The van der Waals surface area contributed by atoms with Crippen molar-refractivity contribution in [3.8, 4) is 11.5 Å². The van der Waals surface area contributed by atoms with Gasteiger partial charge in [0.15, 0.2) is 17.3 Å². The van der Waals surface area contributed by atoms with Crippen molar-refractivity contribution < 1.29 is 14.3 Å². The number of benzene rings is 2. The zero-order valence-electron chi connectivity index (χ0n) is 15.2. The normalized spacial score (nSPS) is 25.5. The van der Waals surface area contributed by atoms with E-state index in [-0.39, 0.29) is 11.7 Å². The number of hydrogen-bond donors (Lipinski definition) is 0. The fourth-order valence-electron chi connectivity index (χ4n) is 4.19. The lowest BCUT2D eigenvalue weighted by molar-refractivity contribution is 0.0871. The van der Waals surface area contributed by atoms with Crippen molar-refractivity contribution >= 4 is 43.7 Å². The minimum absolute atomic E-state index is 0.0824. The Morgan fingerprint density at radius 2 is 1.81 bits per heavy atom. The van der Waals surface area contributed by atoms with E-state index >= 15 is 0 Å². The van der Waals surface area contributed by atoms with Gasteiger partial charge in [-0.1, -0.05) is 74.3 Å². The number of allylic oxidation sites excluding steroid dienone is 1. The molecule has 5 heteroatoms. The SMILES string of the molecule is COc1ccc(/C=C/[C@H]2C(Br)(Br)[C@@]23CCc2ccccc2C3=O)cc1OC. The zero-order valence-corrected chi connectivity index (χ0v) is 18.3. The molecule has 0 saturated heterocycles. The van der Waals surface area contributed by atoms with Crippen LogP contribution >= 0.6 is 31.9 Å². The predicted octanol–water partition coefficient (Wildman–Crippen LogP) is 5.65. The molecule has 1 spiro atoms. The van der Waals surface area contributed by atoms with E-state index in [1.807, 2.05) is 42.5 Å². The Morgan fingerprint density at radius 1 is 1.07 bits per heavy atom. The number of alkyl halides is 2. The lowest BCUT2D eigenvalue weighted by atomic mass is 9.79. The number of methoxy groups -OCH3 is 2. The molecule has 0 unspecified atom stereocenters. The van der Waals surface area contributed by atoms with Crippen LogP contribution in [0.3, 0.4) is 0 Å². The molecule has 0 radical (unpaired) electrons. The first kappa shape index (κ1) is 18.8. The fraction of sp³-hybridized carbons (Fsp3) is 0.318. The van der Waals surface area contributed by atoms with Gasteiger partial charge in [-0.3, -0.25) is 4.79 Å². The van der Waals surface area contributed by atoms with Crippen LogP contribution in [0.2, 0.25) is 0 Å². The van der Waals surface area contributed by atoms with Crippen LogP contribution in [0.1, 0.15) is 27.9 Å². The van der Waals surface area contributed by atoms with E-state index in [4.69, 9.17) is 9.47 Å². The highest BCUT2D eigenvalue weighted by Gasteiger charge is 2.77. The average Bonchev–Trinajstić information content (AvgIpc) is 3.17. The molecule has 27 heavy (non-hydrogen) atoms. The number of carbonyl (C=O) groups is 1. The molecular formula is C22H20Br2O3. The van der Waals surface area contributed by atoms with Crippen LogP contribution in [-0.2, 0) is 6.42 Å². The molecular weight excluding hydrogens is 472 g/mol. The van der Waals surface area contributed by atoms with Gasteiger partial charge in [-0.25, -0.2) is 0 Å². The summed E-state index contributed by atoms with van der Waals surface area (Å²) in [6.07, 6.45) is 5.92. The molecule has 3 nitrogen and oxygen atoms in total. The van der Waals surface area contributed by atoms with Crippen LogP contribution in [0.5, 0.6) is 11.5 Å². The summed E-state index contributed by atoms with van der Waals surface area (Å²) in [6, 6.07) is 13.8. The van der Waals surface area contributed by atoms with Crippen LogP contribution in [0.15, 0.2) is 48.5 Å². The molecule has 1 saturated carbocycles. The molecule has 2 aromatic carbocycles. The number of halogens is 2. The molecule has 2 aromatic rings. The number of ketones is 1. The van der Waals surface area contributed by atoms with Gasteiger partial charge in [-0.2, -0.15) is 0 Å². The van der Waals surface area contributed by atoms with Gasteiger partial charge >= 0.3 is 0 Å². The van der Waals surface area contributed by atoms with Crippen LogP contribution in [-0.4, -0.2) is 23.2 Å². The molecule has 0 heterocycles. The van der Waals surface area contributed by atoms with E-state index in [0.29, 0.717) is 11.5 Å². The molecule has 2 aliphatic carbocycles. The van der Waals surface area contributed by atoms with E-state index in [9.17, 15) is 4.79 Å². The Balaban J connectivity index is 1.63. The molecule has 140 valence electrons. The van der Waals surface area contributed by atoms with Crippen LogP contribution in [0.4, 0.5) is 0 Å². The Labute approximate surface area is 176 Å². The van der Waals surface area contributed by atoms with E-state index in [1.54, 1.807) is 14.2 Å². The Morgan fingerprint density at radius 3 is 2.56 bits per heavy atom. The summed E-state index contributed by atoms with van der Waals surface area (Å²) in [6.45, 7) is 0. The van der Waals surface area contributed by atoms with E-state index in [0.717, 1.165) is 29.5 Å². The molecule has 0 aliphatic heterocycles. The first-order chi connectivity index (χ1) is 13.0. The zero-order chi connectivity index (χ0) is 19.2. The number of ether oxygens (including phenoxy) is 2. The lowest BCUT2D eigenvalue weighted by Gasteiger charge is -2.25. The van der Waals surface area contributed by atoms with Crippen molar-refractivity contribution in [2.24, 2.45) is 11.3 Å². The van der Waals surface area contributed by atoms with Crippen molar-refractivity contribution in [1.82, 2.24) is 0 Å². The van der Waals surface area contributed by atoms with Gasteiger partial charge in [0.1, 0.15) is 3.23 Å². The topological polar surface area (TPSA) is 35.5 Å². The highest BCUT2D eigenvalue weighted by atomic mass is 79.9. The van der Waals surface area contributed by atoms with Crippen LogP contribution in [0.25, 0.3) is 6.08 Å². The van der Waals surface area contributed by atoms with E-state index in [1.165, 1.54) is 0 Å². The monoisotopic (exact) mass is 490 g/mol. The lowest BCUT2D eigenvalue weighted by Crippen LogP contribution is -2.28. The molecule has 0 bridgehead atoms. The Kier molecular flexibility index (Phi) is 4.71. The largest absolute Gasteiger partial charge is 0.493 e. The summed E-state index contributed by atoms with van der Waals surface area (Å²) in [5, 5.41) is 0. The number of hydrogen-bond acceptors (Lipinski definition) is 3. The number of carbonyl (C=O) groups excluding carboxylic acids is 1. The van der Waals surface area contributed by atoms with Gasteiger partial charge in [0.05, 0.1) is 19.6 Å². The standard InChI is InChI=1S/C22H20Br2O3/c1-26-17-9-7-14(13-18(17)27-2)8-10-19-21(22(19,23)24)12-11-15-5-3-4-6-16(15)20(21)25/h3-10,13,19H,11-12H2,1-2H3/b10-8+/t19-,21+/m1/s1. The van der Waals surface area contributed by atoms with Gasteiger partial charge in [0.25, 0.3) is 0 Å². The van der Waals surface area contributed by atoms with Crippen molar-refractivity contribution in [3.05, 3.63) is 65.2 Å². The number of Topliss-reactive ketones (excluding diaryl/α,β-unsaturated/α-hetero) is 1. The molecule has 0 N–H and O–H groups in total. The summed E-state index contributed by atoms with van der Waals surface area (Å²) in [7, 11) is 3.25. The highest BCUT2D eigenvalue weighted by molar-refractivity contribution is 9.25. The van der Waals surface area contributed by atoms with Crippen molar-refractivity contribution in [3.63, 3.8) is 0 Å². The van der Waals surface area contributed by atoms with Gasteiger partial charge in [-0.15, -0.1) is 0 Å². The summed E-state index contributed by atoms with van der Waals surface area (Å²) in [5.41, 5.74) is 2.58. The van der Waals surface area contributed by atoms with Crippen molar-refractivity contribution in [1.29, 1.82) is 0 Å². The maximum Gasteiger partial charge on any atom is 0.172 e. The van der Waals surface area contributed by atoms with Crippen LogP contribution in [0, 0.1) is 11.3 Å². The molecule has 4 rings (SSSR count). The Hall–Kier alpha value is -1.59. The fourth-order valence-corrected chi connectivity index (χ4v) is 6.30. The molecule has 1 fully saturated rings.